The Kier molecular flexibility index (Phi) is 5.55. The molecule has 126 valence electrons. The van der Waals surface area contributed by atoms with Crippen LogP contribution >= 0.6 is 0 Å². The van der Waals surface area contributed by atoms with Gasteiger partial charge in [0.2, 0.25) is 0 Å². The first-order valence-corrected chi connectivity index (χ1v) is 8.07. The van der Waals surface area contributed by atoms with Crippen molar-refractivity contribution in [2.75, 3.05) is 0 Å². The van der Waals surface area contributed by atoms with Gasteiger partial charge < -0.3 is 5.32 Å². The molecule has 2 nitrogen and oxygen atoms in total. The number of halogens is 1. The summed E-state index contributed by atoms with van der Waals surface area (Å²) < 4.78 is 13.1. The molecule has 2 aromatic rings. The van der Waals surface area contributed by atoms with Crippen LogP contribution in [0, 0.1) is 11.2 Å². The molecule has 0 aliphatic carbocycles. The zero-order valence-electron chi connectivity index (χ0n) is 14.7. The Morgan fingerprint density at radius 3 is 2.29 bits per heavy atom. The van der Waals surface area contributed by atoms with Gasteiger partial charge >= 0.3 is 0 Å². The summed E-state index contributed by atoms with van der Waals surface area (Å²) in [5, 5.41) is 2.81. The fourth-order valence-corrected chi connectivity index (χ4v) is 2.55. The predicted octanol–water partition coefficient (Wildman–Crippen LogP) is 5.21. The molecule has 0 atom stereocenters. The number of hydrogen-bond acceptors (Lipinski definition) is 1. The number of amides is 1. The average molecular weight is 325 g/mol. The number of benzene rings is 2. The van der Waals surface area contributed by atoms with E-state index < -0.39 is 0 Å². The van der Waals surface area contributed by atoms with Crippen LogP contribution in [0.25, 0.3) is 5.57 Å². The first-order chi connectivity index (χ1) is 11.2. The fourth-order valence-electron chi connectivity index (χ4n) is 2.55. The molecule has 0 spiro atoms. The lowest BCUT2D eigenvalue weighted by molar-refractivity contribution is 0.0951. The predicted molar refractivity (Wildman–Crippen MR) is 97.1 cm³/mol. The molecule has 1 amide bonds. The fraction of sp³-hybridized carbons (Fsp3) is 0.286. The van der Waals surface area contributed by atoms with E-state index in [4.69, 9.17) is 0 Å². The van der Waals surface area contributed by atoms with Crippen LogP contribution in [0.15, 0.2) is 54.6 Å². The number of allylic oxidation sites excluding steroid dienone is 2. The van der Waals surface area contributed by atoms with Crippen molar-refractivity contribution < 1.29 is 9.18 Å². The van der Waals surface area contributed by atoms with E-state index in [9.17, 15) is 9.18 Å². The van der Waals surface area contributed by atoms with Crippen LogP contribution in [0.2, 0.25) is 0 Å². The van der Waals surface area contributed by atoms with Gasteiger partial charge in [0.1, 0.15) is 5.82 Å². The van der Waals surface area contributed by atoms with Gasteiger partial charge in [0.15, 0.2) is 0 Å². The Morgan fingerprint density at radius 1 is 1.08 bits per heavy atom. The summed E-state index contributed by atoms with van der Waals surface area (Å²) in [5.74, 6) is -0.463. The third-order valence-corrected chi connectivity index (χ3v) is 3.59. The SMILES string of the molecule is CC(=CC(C)(C)C)c1ccc(C(=O)NCc2cccc(F)c2)cc1. The summed E-state index contributed by atoms with van der Waals surface area (Å²) >= 11 is 0. The number of hydrogen-bond donors (Lipinski definition) is 1. The van der Waals surface area contributed by atoms with Gasteiger partial charge in [-0.25, -0.2) is 4.39 Å². The summed E-state index contributed by atoms with van der Waals surface area (Å²) in [5.41, 5.74) is 3.74. The van der Waals surface area contributed by atoms with Crippen molar-refractivity contribution in [1.82, 2.24) is 5.32 Å². The normalized spacial score (nSPS) is 12.1. The van der Waals surface area contributed by atoms with E-state index in [2.05, 4.69) is 39.1 Å². The molecule has 24 heavy (non-hydrogen) atoms. The highest BCUT2D eigenvalue weighted by Crippen LogP contribution is 2.23. The molecule has 1 N–H and O–H groups in total. The Balaban J connectivity index is 2.02. The first kappa shape index (κ1) is 17.9. The van der Waals surface area contributed by atoms with Crippen LogP contribution in [0.5, 0.6) is 0 Å². The number of carbonyl (C=O) groups excluding carboxylic acids is 1. The molecule has 0 aliphatic rings. The molecule has 0 saturated carbocycles. The van der Waals surface area contributed by atoms with Gasteiger partial charge in [-0.15, -0.1) is 0 Å². The van der Waals surface area contributed by atoms with Gasteiger partial charge in [0, 0.05) is 12.1 Å². The van der Waals surface area contributed by atoms with Gasteiger partial charge in [-0.05, 0) is 53.3 Å². The smallest absolute Gasteiger partial charge is 0.251 e. The summed E-state index contributed by atoms with van der Waals surface area (Å²) in [7, 11) is 0. The lowest BCUT2D eigenvalue weighted by atomic mass is 9.91. The minimum Gasteiger partial charge on any atom is -0.348 e. The van der Waals surface area contributed by atoms with Gasteiger partial charge in [-0.1, -0.05) is 51.1 Å². The molecule has 0 bridgehead atoms. The van der Waals surface area contributed by atoms with Crippen molar-refractivity contribution in [2.45, 2.75) is 34.2 Å². The average Bonchev–Trinajstić information content (AvgIpc) is 2.51. The van der Waals surface area contributed by atoms with Crippen LogP contribution < -0.4 is 5.32 Å². The van der Waals surface area contributed by atoms with E-state index in [0.717, 1.165) is 11.1 Å². The van der Waals surface area contributed by atoms with E-state index in [1.54, 1.807) is 12.1 Å². The highest BCUT2D eigenvalue weighted by Gasteiger charge is 2.09. The topological polar surface area (TPSA) is 29.1 Å². The monoisotopic (exact) mass is 325 g/mol. The van der Waals surface area contributed by atoms with Crippen LogP contribution in [-0.2, 0) is 6.54 Å². The van der Waals surface area contributed by atoms with Crippen LogP contribution in [0.1, 0.15) is 49.2 Å². The molecule has 0 fully saturated rings. The second kappa shape index (κ2) is 7.43. The maximum absolute atomic E-state index is 13.1. The molecular weight excluding hydrogens is 301 g/mol. The molecular formula is C21H24FNO. The molecule has 0 aromatic heterocycles. The van der Waals surface area contributed by atoms with Crippen molar-refractivity contribution in [3.05, 3.63) is 77.1 Å². The Bertz CT molecular complexity index is 739. The second-order valence-electron chi connectivity index (χ2n) is 7.08. The minimum atomic E-state index is -0.299. The summed E-state index contributed by atoms with van der Waals surface area (Å²) in [4.78, 5) is 12.2. The molecule has 0 heterocycles. The van der Waals surface area contributed by atoms with E-state index in [-0.39, 0.29) is 17.1 Å². The molecule has 2 aromatic carbocycles. The van der Waals surface area contributed by atoms with Crippen molar-refractivity contribution in [3.8, 4) is 0 Å². The Hall–Kier alpha value is -2.42. The van der Waals surface area contributed by atoms with Crippen LogP contribution in [0.4, 0.5) is 4.39 Å². The van der Waals surface area contributed by atoms with E-state index in [0.29, 0.717) is 12.1 Å². The largest absolute Gasteiger partial charge is 0.348 e. The van der Waals surface area contributed by atoms with Crippen LogP contribution in [0.3, 0.4) is 0 Å². The maximum Gasteiger partial charge on any atom is 0.251 e. The first-order valence-electron chi connectivity index (χ1n) is 8.07. The number of carbonyl (C=O) groups is 1. The van der Waals surface area contributed by atoms with E-state index >= 15 is 0 Å². The Labute approximate surface area is 143 Å². The highest BCUT2D eigenvalue weighted by atomic mass is 19.1. The second-order valence-corrected chi connectivity index (χ2v) is 7.08. The van der Waals surface area contributed by atoms with Gasteiger partial charge in [-0.3, -0.25) is 4.79 Å². The van der Waals surface area contributed by atoms with Gasteiger partial charge in [0.25, 0.3) is 5.91 Å². The third-order valence-electron chi connectivity index (χ3n) is 3.59. The van der Waals surface area contributed by atoms with Gasteiger partial charge in [-0.2, -0.15) is 0 Å². The molecule has 0 unspecified atom stereocenters. The third kappa shape index (κ3) is 5.34. The summed E-state index contributed by atoms with van der Waals surface area (Å²) in [6.45, 7) is 8.85. The molecule has 0 radical (unpaired) electrons. The maximum atomic E-state index is 13.1. The molecule has 3 heteroatoms. The standard InChI is InChI=1S/C21H24FNO/c1-15(13-21(2,3)4)17-8-10-18(11-9-17)20(24)23-14-16-6-5-7-19(22)12-16/h5-13H,14H2,1-4H3,(H,23,24). The lowest BCUT2D eigenvalue weighted by Gasteiger charge is -2.14. The number of rotatable bonds is 4. The Morgan fingerprint density at radius 2 is 1.71 bits per heavy atom. The van der Waals surface area contributed by atoms with Crippen molar-refractivity contribution >= 4 is 11.5 Å². The van der Waals surface area contributed by atoms with Crippen molar-refractivity contribution in [1.29, 1.82) is 0 Å². The van der Waals surface area contributed by atoms with Gasteiger partial charge in [0.05, 0.1) is 0 Å². The minimum absolute atomic E-state index is 0.116. The lowest BCUT2D eigenvalue weighted by Crippen LogP contribution is -2.22. The highest BCUT2D eigenvalue weighted by molar-refractivity contribution is 5.94. The number of nitrogens with one attached hydrogen (secondary N) is 1. The summed E-state index contributed by atoms with van der Waals surface area (Å²) in [6, 6.07) is 13.8. The van der Waals surface area contributed by atoms with Crippen molar-refractivity contribution in [3.63, 3.8) is 0 Å². The molecule has 2 rings (SSSR count). The summed E-state index contributed by atoms with van der Waals surface area (Å²) in [6.07, 6.45) is 2.21. The van der Waals surface area contributed by atoms with Crippen molar-refractivity contribution in [2.24, 2.45) is 5.41 Å². The van der Waals surface area contributed by atoms with Crippen LogP contribution in [-0.4, -0.2) is 5.91 Å². The van der Waals surface area contributed by atoms with E-state index in [1.807, 2.05) is 24.3 Å². The zero-order chi connectivity index (χ0) is 17.7. The zero-order valence-corrected chi connectivity index (χ0v) is 14.7. The van der Waals surface area contributed by atoms with E-state index in [1.165, 1.54) is 17.7 Å². The molecule has 0 aliphatic heterocycles. The molecule has 0 saturated heterocycles. The quantitative estimate of drug-likeness (QED) is 0.822.